The molecule has 92 valence electrons. The van der Waals surface area contributed by atoms with E-state index < -0.39 is 5.97 Å². The quantitative estimate of drug-likeness (QED) is 0.604. The maximum atomic E-state index is 11.7. The minimum Gasteiger partial charge on any atom is -0.451 e. The van der Waals surface area contributed by atoms with Gasteiger partial charge in [-0.05, 0) is 18.8 Å². The van der Waals surface area contributed by atoms with Crippen LogP contribution in [0.4, 0.5) is 0 Å². The van der Waals surface area contributed by atoms with Crippen molar-refractivity contribution in [3.63, 3.8) is 0 Å². The largest absolute Gasteiger partial charge is 0.451 e. The third kappa shape index (κ3) is 1.88. The fourth-order valence-corrected chi connectivity index (χ4v) is 2.60. The number of hydrogen-bond donors (Lipinski definition) is 0. The summed E-state index contributed by atoms with van der Waals surface area (Å²) in [6.45, 7) is 2.00. The van der Waals surface area contributed by atoms with E-state index in [4.69, 9.17) is 9.15 Å². The van der Waals surface area contributed by atoms with Gasteiger partial charge in [-0.15, -0.1) is 11.8 Å². The van der Waals surface area contributed by atoms with Crippen molar-refractivity contribution in [2.75, 3.05) is 0 Å². The molecule has 2 aliphatic heterocycles. The Bertz CT molecular complexity index is 564. The van der Waals surface area contributed by atoms with Gasteiger partial charge in [0.2, 0.25) is 5.90 Å². The normalized spacial score (nSPS) is 28.8. The van der Waals surface area contributed by atoms with Gasteiger partial charge in [0.1, 0.15) is 12.0 Å². The second-order valence-electron chi connectivity index (χ2n) is 4.17. The number of allylic oxidation sites excluding steroid dienone is 1. The third-order valence-corrected chi connectivity index (χ3v) is 3.93. The van der Waals surface area contributed by atoms with Gasteiger partial charge in [0.15, 0.2) is 12.1 Å². The molecule has 0 saturated carbocycles. The molecule has 0 fully saturated rings. The summed E-state index contributed by atoms with van der Waals surface area (Å²) in [5, 5.41) is 2.00. The number of ether oxygens (including phenoxy) is 1. The highest BCUT2D eigenvalue weighted by Crippen LogP contribution is 2.39. The Hall–Kier alpha value is -1.82. The van der Waals surface area contributed by atoms with Crippen LogP contribution in [-0.4, -0.2) is 21.6 Å². The Balaban J connectivity index is 1.89. The number of carbonyl (C=O) groups is 1. The second kappa shape index (κ2) is 4.13. The number of aromatic nitrogens is 1. The number of cyclic esters (lactones) is 1. The first-order valence-corrected chi connectivity index (χ1v) is 6.29. The van der Waals surface area contributed by atoms with Crippen molar-refractivity contribution in [2.24, 2.45) is 4.99 Å². The zero-order chi connectivity index (χ0) is 12.6. The number of nitrogens with zero attached hydrogens (tertiary/aromatic N) is 2. The number of aliphatic imine (C=N–C) groups is 1. The summed E-state index contributed by atoms with van der Waals surface area (Å²) in [6.07, 6.45) is 7.15. The van der Waals surface area contributed by atoms with E-state index in [0.717, 1.165) is 6.42 Å². The highest BCUT2D eigenvalue weighted by atomic mass is 32.2. The number of carbonyl (C=O) groups excluding carboxylic acids is 1. The highest BCUT2D eigenvalue weighted by Gasteiger charge is 2.39. The SMILES string of the molecule is CC1(C2=N/C(=C\c3cocn3)C(=O)O2)CC=CS1. The average molecular weight is 262 g/mol. The fourth-order valence-electron chi connectivity index (χ4n) is 1.73. The van der Waals surface area contributed by atoms with Gasteiger partial charge in [-0.3, -0.25) is 0 Å². The van der Waals surface area contributed by atoms with E-state index in [1.165, 1.54) is 12.7 Å². The molecule has 1 aromatic heterocycles. The summed E-state index contributed by atoms with van der Waals surface area (Å²) in [5.41, 5.74) is 0.807. The van der Waals surface area contributed by atoms with Crippen LogP contribution in [0, 0.1) is 0 Å². The molecule has 1 atom stereocenters. The summed E-state index contributed by atoms with van der Waals surface area (Å²) in [4.78, 5) is 19.9. The molecule has 2 aliphatic rings. The Morgan fingerprint density at radius 1 is 1.56 bits per heavy atom. The van der Waals surface area contributed by atoms with Gasteiger partial charge in [-0.1, -0.05) is 6.08 Å². The van der Waals surface area contributed by atoms with Crippen LogP contribution in [0.3, 0.4) is 0 Å². The van der Waals surface area contributed by atoms with Crippen molar-refractivity contribution in [2.45, 2.75) is 18.1 Å². The lowest BCUT2D eigenvalue weighted by atomic mass is 10.1. The first-order valence-electron chi connectivity index (χ1n) is 5.41. The molecule has 3 rings (SSSR count). The minimum absolute atomic E-state index is 0.257. The molecule has 0 bridgehead atoms. The lowest BCUT2D eigenvalue weighted by Gasteiger charge is -2.19. The van der Waals surface area contributed by atoms with E-state index in [2.05, 4.69) is 9.98 Å². The standard InChI is InChI=1S/C12H10N2O3S/c1-12(3-2-4-18-12)11-14-9(10(15)17-11)5-8-6-16-7-13-8/h2,4-7H,3H2,1H3/b9-5-. The van der Waals surface area contributed by atoms with Gasteiger partial charge >= 0.3 is 5.97 Å². The maximum absolute atomic E-state index is 11.7. The topological polar surface area (TPSA) is 64.7 Å². The molecular weight excluding hydrogens is 252 g/mol. The first kappa shape index (κ1) is 11.3. The number of thioether (sulfide) groups is 1. The van der Waals surface area contributed by atoms with Crippen LogP contribution in [0.25, 0.3) is 6.08 Å². The zero-order valence-electron chi connectivity index (χ0n) is 9.62. The number of esters is 1. The van der Waals surface area contributed by atoms with Crippen LogP contribution in [0.5, 0.6) is 0 Å². The molecule has 5 nitrogen and oxygen atoms in total. The summed E-state index contributed by atoms with van der Waals surface area (Å²) >= 11 is 1.60. The van der Waals surface area contributed by atoms with Gasteiger partial charge in [-0.2, -0.15) is 0 Å². The van der Waals surface area contributed by atoms with Crippen molar-refractivity contribution in [3.8, 4) is 0 Å². The predicted molar refractivity (Wildman–Crippen MR) is 67.8 cm³/mol. The van der Waals surface area contributed by atoms with E-state index in [9.17, 15) is 4.79 Å². The molecule has 1 aromatic rings. The smallest absolute Gasteiger partial charge is 0.363 e. The molecule has 0 spiro atoms. The molecule has 3 heterocycles. The van der Waals surface area contributed by atoms with E-state index in [1.54, 1.807) is 17.8 Å². The molecule has 0 N–H and O–H groups in total. The summed E-state index contributed by atoms with van der Waals surface area (Å²) in [6, 6.07) is 0. The Morgan fingerprint density at radius 3 is 3.11 bits per heavy atom. The van der Waals surface area contributed by atoms with E-state index in [0.29, 0.717) is 11.6 Å². The van der Waals surface area contributed by atoms with E-state index >= 15 is 0 Å². The fraction of sp³-hybridized carbons (Fsp3) is 0.250. The minimum atomic E-state index is -0.443. The number of rotatable bonds is 2. The van der Waals surface area contributed by atoms with Crippen molar-refractivity contribution in [3.05, 3.63) is 35.5 Å². The van der Waals surface area contributed by atoms with Crippen LogP contribution in [0.1, 0.15) is 19.0 Å². The molecular formula is C12H10N2O3S. The van der Waals surface area contributed by atoms with Crippen LogP contribution in [-0.2, 0) is 9.53 Å². The van der Waals surface area contributed by atoms with Gasteiger partial charge in [0.05, 0.1) is 4.75 Å². The van der Waals surface area contributed by atoms with Crippen molar-refractivity contribution in [1.82, 2.24) is 4.98 Å². The maximum Gasteiger partial charge on any atom is 0.363 e. The predicted octanol–water partition coefficient (Wildman–Crippen LogP) is 2.38. The average Bonchev–Trinajstić information content (AvgIpc) is 3.03. The van der Waals surface area contributed by atoms with Crippen LogP contribution in [0.2, 0.25) is 0 Å². The third-order valence-electron chi connectivity index (χ3n) is 2.74. The lowest BCUT2D eigenvalue weighted by molar-refractivity contribution is -0.130. The van der Waals surface area contributed by atoms with Gasteiger partial charge < -0.3 is 9.15 Å². The first-order chi connectivity index (χ1) is 8.67. The Morgan fingerprint density at radius 2 is 2.44 bits per heavy atom. The molecule has 0 aliphatic carbocycles. The van der Waals surface area contributed by atoms with E-state index in [1.807, 2.05) is 18.4 Å². The molecule has 0 amide bonds. The number of oxazole rings is 1. The molecule has 18 heavy (non-hydrogen) atoms. The van der Waals surface area contributed by atoms with Crippen LogP contribution < -0.4 is 0 Å². The van der Waals surface area contributed by atoms with Crippen LogP contribution >= 0.6 is 11.8 Å². The molecule has 0 aromatic carbocycles. The van der Waals surface area contributed by atoms with Gasteiger partial charge in [0.25, 0.3) is 0 Å². The summed E-state index contributed by atoms with van der Waals surface area (Å²) in [5.74, 6) is 0.0129. The van der Waals surface area contributed by atoms with Crippen LogP contribution in [0.15, 0.2) is 39.2 Å². The molecule has 1 unspecified atom stereocenters. The zero-order valence-corrected chi connectivity index (χ0v) is 10.4. The van der Waals surface area contributed by atoms with Crippen molar-refractivity contribution in [1.29, 1.82) is 0 Å². The van der Waals surface area contributed by atoms with E-state index in [-0.39, 0.29) is 10.4 Å². The summed E-state index contributed by atoms with van der Waals surface area (Å²) < 4.78 is 9.79. The van der Waals surface area contributed by atoms with Crippen molar-refractivity contribution >= 4 is 29.7 Å². The van der Waals surface area contributed by atoms with Crippen molar-refractivity contribution < 1.29 is 13.9 Å². The highest BCUT2D eigenvalue weighted by molar-refractivity contribution is 8.04. The monoisotopic (exact) mass is 262 g/mol. The summed E-state index contributed by atoms with van der Waals surface area (Å²) in [7, 11) is 0. The number of hydrogen-bond acceptors (Lipinski definition) is 6. The Kier molecular flexibility index (Phi) is 2.59. The van der Waals surface area contributed by atoms with Gasteiger partial charge in [-0.25, -0.2) is 14.8 Å². The second-order valence-corrected chi connectivity index (χ2v) is 5.58. The molecule has 0 radical (unpaired) electrons. The lowest BCUT2D eigenvalue weighted by Crippen LogP contribution is -2.29. The van der Waals surface area contributed by atoms with Gasteiger partial charge in [0, 0.05) is 6.08 Å². The molecule has 6 heteroatoms. The Labute approximate surface area is 108 Å². The molecule has 0 saturated heterocycles.